The molecule has 0 radical (unpaired) electrons. The van der Waals surface area contributed by atoms with Crippen LogP contribution in [0.5, 0.6) is 5.75 Å². The highest BCUT2D eigenvalue weighted by Gasteiger charge is 2.40. The number of nitrogens with zero attached hydrogens (tertiary/aromatic N) is 1. The first-order valence-electron chi connectivity index (χ1n) is 11.1. The lowest BCUT2D eigenvalue weighted by Gasteiger charge is -2.39. The number of fused-ring (bicyclic) bond motifs is 2. The largest absolute Gasteiger partial charge is 0.496 e. The third kappa shape index (κ3) is 3.54. The van der Waals surface area contributed by atoms with Crippen LogP contribution in [-0.2, 0) is 0 Å². The second kappa shape index (κ2) is 7.92. The Morgan fingerprint density at radius 3 is 2.50 bits per heavy atom. The summed E-state index contributed by atoms with van der Waals surface area (Å²) in [5.74, 6) is 2.68. The molecule has 1 saturated carbocycles. The third-order valence-electron chi connectivity index (χ3n) is 7.39. The maximum Gasteiger partial charge on any atom is 0.248 e. The zero-order valence-corrected chi connectivity index (χ0v) is 17.6. The predicted molar refractivity (Wildman–Crippen MR) is 120 cm³/mol. The summed E-state index contributed by atoms with van der Waals surface area (Å²) < 4.78 is 5.72. The van der Waals surface area contributed by atoms with Crippen molar-refractivity contribution in [2.24, 2.45) is 17.6 Å². The fourth-order valence-electron chi connectivity index (χ4n) is 5.80. The molecule has 2 fully saturated rings. The number of rotatable bonds is 5. The van der Waals surface area contributed by atoms with E-state index in [1.165, 1.54) is 31.2 Å². The van der Waals surface area contributed by atoms with E-state index in [0.717, 1.165) is 47.8 Å². The van der Waals surface area contributed by atoms with Gasteiger partial charge >= 0.3 is 0 Å². The first-order valence-corrected chi connectivity index (χ1v) is 11.1. The van der Waals surface area contributed by atoms with Crippen LogP contribution in [0.4, 0.5) is 0 Å². The molecule has 3 aliphatic rings. The van der Waals surface area contributed by atoms with Crippen LogP contribution in [0.1, 0.15) is 47.5 Å². The van der Waals surface area contributed by atoms with E-state index in [2.05, 4.69) is 35.3 Å². The fraction of sp³-hybridized carbons (Fsp3) is 0.423. The smallest absolute Gasteiger partial charge is 0.248 e. The van der Waals surface area contributed by atoms with Crippen LogP contribution in [0, 0.1) is 11.8 Å². The van der Waals surface area contributed by atoms with Crippen LogP contribution in [-0.4, -0.2) is 37.0 Å². The zero-order chi connectivity index (χ0) is 20.7. The highest BCUT2D eigenvalue weighted by atomic mass is 16.5. The molecule has 30 heavy (non-hydrogen) atoms. The summed E-state index contributed by atoms with van der Waals surface area (Å²) in [4.78, 5) is 14.3. The summed E-state index contributed by atoms with van der Waals surface area (Å²) >= 11 is 0. The van der Waals surface area contributed by atoms with Crippen molar-refractivity contribution in [1.82, 2.24) is 4.90 Å². The second-order valence-corrected chi connectivity index (χ2v) is 9.06. The van der Waals surface area contributed by atoms with Crippen LogP contribution in [0.25, 0.3) is 11.1 Å². The lowest BCUT2D eigenvalue weighted by Crippen LogP contribution is -2.43. The lowest BCUT2D eigenvalue weighted by atomic mass is 9.85. The van der Waals surface area contributed by atoms with E-state index in [0.29, 0.717) is 11.5 Å². The van der Waals surface area contributed by atoms with Crippen molar-refractivity contribution in [2.75, 3.05) is 20.2 Å². The first kappa shape index (κ1) is 19.4. The molecule has 2 aliphatic carbocycles. The molecule has 1 saturated heterocycles. The number of carbonyl (C=O) groups excluding carboxylic acids is 1. The minimum atomic E-state index is -0.395. The number of primary amides is 1. The van der Waals surface area contributed by atoms with Gasteiger partial charge in [0, 0.05) is 11.6 Å². The van der Waals surface area contributed by atoms with Crippen molar-refractivity contribution in [1.29, 1.82) is 0 Å². The summed E-state index contributed by atoms with van der Waals surface area (Å²) in [7, 11) is 1.75. The molecule has 1 heterocycles. The number of carbonyl (C=O) groups is 1. The molecule has 156 valence electrons. The molecule has 1 aliphatic heterocycles. The summed E-state index contributed by atoms with van der Waals surface area (Å²) in [5.41, 5.74) is 9.42. The molecule has 0 aromatic heterocycles. The van der Waals surface area contributed by atoms with Gasteiger partial charge in [0.05, 0.1) is 7.11 Å². The number of hydrogen-bond acceptors (Lipinski definition) is 3. The maximum atomic E-state index is 11.6. The monoisotopic (exact) mass is 402 g/mol. The van der Waals surface area contributed by atoms with E-state index < -0.39 is 5.91 Å². The average Bonchev–Trinajstić information content (AvgIpc) is 3.43. The number of nitrogens with two attached hydrogens (primary N) is 1. The van der Waals surface area contributed by atoms with Crippen molar-refractivity contribution in [3.8, 4) is 16.9 Å². The minimum Gasteiger partial charge on any atom is -0.496 e. The number of methoxy groups -OCH3 is 1. The quantitative estimate of drug-likeness (QED) is 0.744. The van der Waals surface area contributed by atoms with Gasteiger partial charge in [-0.25, -0.2) is 0 Å². The lowest BCUT2D eigenvalue weighted by molar-refractivity contribution is 0.100. The number of hydrogen-bond donors (Lipinski definition) is 1. The van der Waals surface area contributed by atoms with Gasteiger partial charge in [-0.1, -0.05) is 30.4 Å². The zero-order valence-electron chi connectivity index (χ0n) is 17.6. The second-order valence-electron chi connectivity index (χ2n) is 9.06. The normalized spacial score (nSPS) is 26.2. The van der Waals surface area contributed by atoms with Gasteiger partial charge in [0.1, 0.15) is 5.75 Å². The van der Waals surface area contributed by atoms with Gasteiger partial charge in [-0.2, -0.15) is 0 Å². The van der Waals surface area contributed by atoms with Crippen molar-refractivity contribution in [3.63, 3.8) is 0 Å². The van der Waals surface area contributed by atoms with E-state index in [9.17, 15) is 4.79 Å². The highest BCUT2D eigenvalue weighted by molar-refractivity contribution is 5.94. The molecule has 5 rings (SSSR count). The van der Waals surface area contributed by atoms with Crippen LogP contribution >= 0.6 is 0 Å². The molecule has 0 spiro atoms. The van der Waals surface area contributed by atoms with E-state index >= 15 is 0 Å². The van der Waals surface area contributed by atoms with Gasteiger partial charge in [-0.3, -0.25) is 9.69 Å². The molecule has 4 heteroatoms. The van der Waals surface area contributed by atoms with E-state index in [-0.39, 0.29) is 0 Å². The minimum absolute atomic E-state index is 0.395. The molecule has 3 atom stereocenters. The van der Waals surface area contributed by atoms with Gasteiger partial charge < -0.3 is 10.5 Å². The molecular formula is C26H30N2O2. The summed E-state index contributed by atoms with van der Waals surface area (Å²) in [6.45, 7) is 2.33. The summed E-state index contributed by atoms with van der Waals surface area (Å²) in [6, 6.07) is 14.7. The molecule has 4 nitrogen and oxygen atoms in total. The number of ether oxygens (including phenoxy) is 1. The maximum absolute atomic E-state index is 11.6. The van der Waals surface area contributed by atoms with Crippen molar-refractivity contribution < 1.29 is 9.53 Å². The van der Waals surface area contributed by atoms with Crippen molar-refractivity contribution in [2.45, 2.75) is 37.6 Å². The molecule has 2 aromatic rings. The van der Waals surface area contributed by atoms with Crippen LogP contribution in [0.3, 0.4) is 0 Å². The molecular weight excluding hydrogens is 372 g/mol. The Morgan fingerprint density at radius 1 is 1.03 bits per heavy atom. The van der Waals surface area contributed by atoms with Gasteiger partial charge in [0.2, 0.25) is 5.91 Å². The molecule has 2 N–H and O–H groups in total. The Labute approximate surface area is 178 Å². The Bertz CT molecular complexity index is 975. The topological polar surface area (TPSA) is 55.6 Å². The van der Waals surface area contributed by atoms with Crippen LogP contribution < -0.4 is 10.5 Å². The summed E-state index contributed by atoms with van der Waals surface area (Å²) in [5, 5.41) is 0. The third-order valence-corrected chi connectivity index (χ3v) is 7.39. The SMILES string of the molecule is COc1ccc(-c2cccc(C(N)=O)c2)cc1C1CCN([C@@H]2C[C@H]3C=C[C@H]2C3)CC1. The summed E-state index contributed by atoms with van der Waals surface area (Å²) in [6.07, 6.45) is 9.93. The molecule has 0 unspecified atom stereocenters. The van der Waals surface area contributed by atoms with E-state index in [4.69, 9.17) is 10.5 Å². The molecule has 2 bridgehead atoms. The van der Waals surface area contributed by atoms with Gasteiger partial charge in [0.25, 0.3) is 0 Å². The number of amides is 1. The number of likely N-dealkylation sites (tertiary alicyclic amines) is 1. The first-order chi connectivity index (χ1) is 14.6. The van der Waals surface area contributed by atoms with Crippen LogP contribution in [0.15, 0.2) is 54.6 Å². The Kier molecular flexibility index (Phi) is 5.11. The Morgan fingerprint density at radius 2 is 1.83 bits per heavy atom. The fourth-order valence-corrected chi connectivity index (χ4v) is 5.80. The van der Waals surface area contributed by atoms with Crippen molar-refractivity contribution in [3.05, 3.63) is 65.7 Å². The van der Waals surface area contributed by atoms with E-state index in [1.807, 2.05) is 18.2 Å². The van der Waals surface area contributed by atoms with E-state index in [1.54, 1.807) is 13.2 Å². The number of benzene rings is 2. The predicted octanol–water partition coefficient (Wildman–Crippen LogP) is 4.61. The van der Waals surface area contributed by atoms with Crippen molar-refractivity contribution >= 4 is 5.91 Å². The van der Waals surface area contributed by atoms with Gasteiger partial charge in [-0.05, 0) is 97.5 Å². The Hall–Kier alpha value is -2.59. The van der Waals surface area contributed by atoms with Gasteiger partial charge in [-0.15, -0.1) is 0 Å². The van der Waals surface area contributed by atoms with Gasteiger partial charge in [0.15, 0.2) is 0 Å². The standard InChI is InChI=1S/C26H30N2O2/c1-30-25-8-7-20(19-3-2-4-22(15-19)26(27)29)16-23(25)18-9-11-28(12-10-18)24-14-17-5-6-21(24)13-17/h2-8,15-18,21,24H,9-14H2,1H3,(H2,27,29)/t17-,21-,24+/m0/s1. The van der Waals surface area contributed by atoms with Crippen LogP contribution in [0.2, 0.25) is 0 Å². The highest BCUT2D eigenvalue weighted by Crippen LogP contribution is 2.44. The molecule has 2 aromatic carbocycles. The number of piperidine rings is 1. The average molecular weight is 403 g/mol. The molecule has 1 amide bonds. The Balaban J connectivity index is 1.35. The number of allylic oxidation sites excluding steroid dienone is 1.